The molecule has 2 unspecified atom stereocenters. The van der Waals surface area contributed by atoms with E-state index in [9.17, 15) is 39.6 Å². The summed E-state index contributed by atoms with van der Waals surface area (Å²) >= 11 is 0. The molecule has 6 heterocycles. The third-order valence-corrected chi connectivity index (χ3v) is 10.8. The van der Waals surface area contributed by atoms with Crippen molar-refractivity contribution in [3.8, 4) is 11.5 Å². The Morgan fingerprint density at radius 1 is 0.656 bits per heavy atom. The number of benzene rings is 2. The Morgan fingerprint density at radius 2 is 1.05 bits per heavy atom. The zero-order valence-corrected chi connectivity index (χ0v) is 34.8. The number of carbonyl (C=O) groups is 2. The molecule has 10 atom stereocenters. The highest BCUT2D eigenvalue weighted by Crippen LogP contribution is 2.35. The van der Waals surface area contributed by atoms with Crippen LogP contribution in [0.15, 0.2) is 82.6 Å². The fraction of sp³-hybridized carbons (Fsp3) is 0.476. The van der Waals surface area contributed by atoms with E-state index >= 15 is 0 Å². The Morgan fingerprint density at radius 3 is 1.36 bits per heavy atom. The van der Waals surface area contributed by atoms with Crippen LogP contribution in [0.2, 0.25) is 0 Å². The molecule has 0 aliphatic carbocycles. The average molecular weight is 895 g/mol. The van der Waals surface area contributed by atoms with Gasteiger partial charge in [0.1, 0.15) is 59.8 Å². The van der Waals surface area contributed by atoms with Gasteiger partial charge in [-0.25, -0.2) is 9.59 Å². The van der Waals surface area contributed by atoms with Crippen molar-refractivity contribution < 1.29 is 67.9 Å². The molecule has 2 aromatic heterocycles. The van der Waals surface area contributed by atoms with Crippen LogP contribution >= 0.6 is 0 Å². The molecule has 344 valence electrons. The number of hydrogen-bond acceptors (Lipinski definition) is 18. The SMILES string of the molecule is COc1ccc(C(=O)Nc2ccn([C@@H]3O[C@H](CO)[C@@H](O)[C@H]3OC3CCCO3)c(=O)n2)cc1.COc1ccc(C(=O)Nc2ccn([C@@H]3O[C@H](CO)[C@@H](O)[C@H]3OC3CCCO3)c(=O)n2)cc1. The summed E-state index contributed by atoms with van der Waals surface area (Å²) in [6.07, 6.45) is -3.36. The number of amides is 2. The fourth-order valence-electron chi connectivity index (χ4n) is 7.35. The van der Waals surface area contributed by atoms with Crippen LogP contribution in [0.1, 0.15) is 58.9 Å². The summed E-state index contributed by atoms with van der Waals surface area (Å²) in [5, 5.41) is 45.1. The van der Waals surface area contributed by atoms with E-state index in [-0.39, 0.29) is 11.6 Å². The number of nitrogens with one attached hydrogen (secondary N) is 2. The van der Waals surface area contributed by atoms with Crippen LogP contribution in [0.4, 0.5) is 11.6 Å². The fourth-order valence-corrected chi connectivity index (χ4v) is 7.35. The number of carbonyl (C=O) groups excluding carboxylic acids is 2. The summed E-state index contributed by atoms with van der Waals surface area (Å²) in [4.78, 5) is 58.0. The lowest BCUT2D eigenvalue weighted by molar-refractivity contribution is -0.182. The number of rotatable bonds is 14. The molecule has 8 rings (SSSR count). The van der Waals surface area contributed by atoms with Crippen LogP contribution in [-0.2, 0) is 28.4 Å². The summed E-state index contributed by atoms with van der Waals surface area (Å²) in [6, 6.07) is 15.8. The van der Waals surface area contributed by atoms with Gasteiger partial charge in [-0.2, -0.15) is 9.97 Å². The molecular weight excluding hydrogens is 844 g/mol. The molecule has 4 aromatic rings. The molecule has 22 heteroatoms. The highest BCUT2D eigenvalue weighted by molar-refractivity contribution is 6.04. The van der Waals surface area contributed by atoms with Crippen LogP contribution in [0.3, 0.4) is 0 Å². The largest absolute Gasteiger partial charge is 0.497 e. The summed E-state index contributed by atoms with van der Waals surface area (Å²) in [5.41, 5.74) is -0.687. The van der Waals surface area contributed by atoms with E-state index in [1.165, 1.54) is 38.7 Å². The normalized spacial score (nSPS) is 27.4. The van der Waals surface area contributed by atoms with E-state index in [1.807, 2.05) is 0 Å². The van der Waals surface area contributed by atoms with Gasteiger partial charge >= 0.3 is 11.4 Å². The molecule has 6 N–H and O–H groups in total. The Labute approximate surface area is 365 Å². The van der Waals surface area contributed by atoms with Gasteiger partial charge in [0.05, 0.1) is 27.4 Å². The molecular formula is C42H50N6O16. The van der Waals surface area contributed by atoms with Gasteiger partial charge in [-0.15, -0.1) is 0 Å². The first-order valence-electron chi connectivity index (χ1n) is 20.5. The Balaban J connectivity index is 0.000000191. The zero-order valence-electron chi connectivity index (χ0n) is 34.8. The lowest BCUT2D eigenvalue weighted by atomic mass is 10.1. The van der Waals surface area contributed by atoms with Crippen LogP contribution in [-0.4, -0.2) is 141 Å². The van der Waals surface area contributed by atoms with Gasteiger partial charge in [0, 0.05) is 49.6 Å². The molecule has 4 fully saturated rings. The van der Waals surface area contributed by atoms with Gasteiger partial charge in [0.15, 0.2) is 25.0 Å². The molecule has 4 saturated heterocycles. The number of nitrogens with zero attached hydrogens (tertiary/aromatic N) is 4. The highest BCUT2D eigenvalue weighted by Gasteiger charge is 2.48. The van der Waals surface area contributed by atoms with Gasteiger partial charge in [-0.05, 0) is 73.5 Å². The predicted molar refractivity (Wildman–Crippen MR) is 221 cm³/mol. The Hall–Kier alpha value is -5.66. The van der Waals surface area contributed by atoms with Crippen molar-refractivity contribution in [2.24, 2.45) is 0 Å². The van der Waals surface area contributed by atoms with Crippen molar-refractivity contribution in [1.82, 2.24) is 19.1 Å². The molecule has 2 aromatic carbocycles. The van der Waals surface area contributed by atoms with E-state index in [0.717, 1.165) is 22.0 Å². The molecule has 0 bridgehead atoms. The van der Waals surface area contributed by atoms with E-state index < -0.39 is 98.1 Å². The van der Waals surface area contributed by atoms with E-state index in [4.69, 9.17) is 37.9 Å². The Kier molecular flexibility index (Phi) is 15.5. The third-order valence-electron chi connectivity index (χ3n) is 10.8. The topological polar surface area (TPSA) is 283 Å². The summed E-state index contributed by atoms with van der Waals surface area (Å²) in [5.74, 6) is 0.459. The molecule has 2 amide bonds. The number of aliphatic hydroxyl groups is 4. The molecule has 4 aliphatic heterocycles. The summed E-state index contributed by atoms with van der Waals surface area (Å²) < 4.78 is 46.4. The first-order chi connectivity index (χ1) is 31.0. The lowest BCUT2D eigenvalue weighted by Gasteiger charge is -2.25. The van der Waals surface area contributed by atoms with Crippen molar-refractivity contribution in [3.05, 3.63) is 105 Å². The molecule has 0 saturated carbocycles. The van der Waals surface area contributed by atoms with Crippen LogP contribution in [0, 0.1) is 0 Å². The summed E-state index contributed by atoms with van der Waals surface area (Å²) in [6.45, 7) is 0.210. The number of aliphatic hydroxyl groups excluding tert-OH is 4. The smallest absolute Gasteiger partial charge is 0.351 e. The first-order valence-corrected chi connectivity index (χ1v) is 20.5. The number of anilines is 2. The average Bonchev–Trinajstić information content (AvgIpc) is 4.14. The number of aromatic nitrogens is 4. The van der Waals surface area contributed by atoms with Crippen molar-refractivity contribution >= 4 is 23.5 Å². The maximum Gasteiger partial charge on any atom is 0.351 e. The second-order valence-corrected chi connectivity index (χ2v) is 14.9. The minimum atomic E-state index is -1.16. The van der Waals surface area contributed by atoms with Crippen molar-refractivity contribution in [1.29, 1.82) is 0 Å². The van der Waals surface area contributed by atoms with Gasteiger partial charge < -0.3 is 69.0 Å². The Bertz CT molecular complexity index is 2140. The first kappa shape index (κ1) is 46.3. The van der Waals surface area contributed by atoms with Gasteiger partial charge in [-0.3, -0.25) is 18.7 Å². The second kappa shape index (κ2) is 21.3. The van der Waals surface area contributed by atoms with Crippen molar-refractivity contribution in [2.45, 2.75) is 87.3 Å². The number of hydrogen-bond donors (Lipinski definition) is 6. The van der Waals surface area contributed by atoms with Crippen LogP contribution in [0.25, 0.3) is 0 Å². The number of methoxy groups -OCH3 is 2. The van der Waals surface area contributed by atoms with Gasteiger partial charge in [0.2, 0.25) is 0 Å². The maximum atomic E-state index is 12.7. The van der Waals surface area contributed by atoms with Crippen LogP contribution in [0.5, 0.6) is 11.5 Å². The zero-order chi connectivity index (χ0) is 45.3. The minimum absolute atomic E-state index is 0.0564. The van der Waals surface area contributed by atoms with Crippen molar-refractivity contribution in [3.63, 3.8) is 0 Å². The van der Waals surface area contributed by atoms with E-state index in [2.05, 4.69) is 20.6 Å². The summed E-state index contributed by atoms with van der Waals surface area (Å²) in [7, 11) is 3.06. The van der Waals surface area contributed by atoms with E-state index in [1.54, 1.807) is 48.5 Å². The molecule has 0 radical (unpaired) electrons. The molecule has 0 spiro atoms. The molecule has 4 aliphatic rings. The minimum Gasteiger partial charge on any atom is -0.497 e. The van der Waals surface area contributed by atoms with Crippen molar-refractivity contribution in [2.75, 3.05) is 51.3 Å². The molecule has 64 heavy (non-hydrogen) atoms. The standard InChI is InChI=1S/2C21H25N3O8/c2*1-29-13-6-4-12(5-7-13)19(27)22-15-8-9-24(21(28)23-15)20-18(17(26)14(11-25)31-20)32-16-3-2-10-30-16/h2*4-9,14,16-18,20,25-26H,2-3,10-11H2,1H3,(H,22,23,27,28)/t2*14-,16?,17-,18-,20-/m11/s1. The third kappa shape index (κ3) is 10.8. The molecule has 22 nitrogen and oxygen atoms in total. The van der Waals surface area contributed by atoms with Gasteiger partial charge in [-0.1, -0.05) is 0 Å². The van der Waals surface area contributed by atoms with E-state index in [0.29, 0.717) is 48.7 Å². The maximum absolute atomic E-state index is 12.7. The second-order valence-electron chi connectivity index (χ2n) is 14.9. The van der Waals surface area contributed by atoms with Crippen LogP contribution < -0.4 is 31.5 Å². The highest BCUT2D eigenvalue weighted by atomic mass is 16.7. The predicted octanol–water partition coefficient (Wildman–Crippen LogP) is 0.553. The quantitative estimate of drug-likeness (QED) is 0.101. The van der Waals surface area contributed by atoms with Gasteiger partial charge in [0.25, 0.3) is 11.8 Å². The number of ether oxygens (including phenoxy) is 8. The lowest BCUT2D eigenvalue weighted by Crippen LogP contribution is -2.40. The monoisotopic (exact) mass is 894 g/mol.